The van der Waals surface area contributed by atoms with Crippen LogP contribution in [0.15, 0.2) is 114 Å². The molecule has 0 amide bonds. The third-order valence-electron chi connectivity index (χ3n) is 5.56. The number of aromatic nitrogens is 2. The summed E-state index contributed by atoms with van der Waals surface area (Å²) in [6.07, 6.45) is 3.68. The van der Waals surface area contributed by atoms with E-state index < -0.39 is 0 Å². The van der Waals surface area contributed by atoms with Crippen molar-refractivity contribution in [2.45, 2.75) is 0 Å². The van der Waals surface area contributed by atoms with Gasteiger partial charge in [-0.05, 0) is 35.2 Å². The minimum atomic E-state index is 0.870. The van der Waals surface area contributed by atoms with Gasteiger partial charge in [0.1, 0.15) is 5.76 Å². The van der Waals surface area contributed by atoms with Gasteiger partial charge in [0.15, 0.2) is 0 Å². The lowest BCUT2D eigenvalue weighted by atomic mass is 9.99. The summed E-state index contributed by atoms with van der Waals surface area (Å²) in [5, 5.41) is 7.12. The predicted octanol–water partition coefficient (Wildman–Crippen LogP) is 7.08. The van der Waals surface area contributed by atoms with Crippen LogP contribution in [0.4, 0.5) is 0 Å². The number of benzene rings is 3. The third kappa shape index (κ3) is 2.64. The van der Waals surface area contributed by atoms with E-state index in [0.717, 1.165) is 44.6 Å². The molecule has 0 N–H and O–H groups in total. The first kappa shape index (κ1) is 16.8. The Labute approximate surface area is 173 Å². The molecule has 0 radical (unpaired) electrons. The van der Waals surface area contributed by atoms with E-state index in [2.05, 4.69) is 77.3 Å². The van der Waals surface area contributed by atoms with E-state index in [1.54, 1.807) is 6.26 Å². The molecular weight excluding hydrogens is 368 g/mol. The second kappa shape index (κ2) is 6.75. The maximum Gasteiger partial charge on any atom is 0.133 e. The van der Waals surface area contributed by atoms with Gasteiger partial charge in [-0.15, -0.1) is 0 Å². The maximum absolute atomic E-state index is 5.63. The van der Waals surface area contributed by atoms with Gasteiger partial charge in [0.05, 0.1) is 23.7 Å². The molecule has 142 valence electrons. The number of pyridine rings is 1. The van der Waals surface area contributed by atoms with Gasteiger partial charge < -0.3 is 4.42 Å². The molecule has 3 aromatic heterocycles. The van der Waals surface area contributed by atoms with Crippen molar-refractivity contribution in [3.63, 3.8) is 0 Å². The Morgan fingerprint density at radius 2 is 1.43 bits per heavy atom. The molecule has 3 nitrogen and oxygen atoms in total. The first-order chi connectivity index (χ1) is 14.9. The zero-order chi connectivity index (χ0) is 19.9. The molecule has 0 spiro atoms. The van der Waals surface area contributed by atoms with Gasteiger partial charge in [-0.1, -0.05) is 72.8 Å². The van der Waals surface area contributed by atoms with Crippen molar-refractivity contribution in [2.24, 2.45) is 0 Å². The van der Waals surface area contributed by atoms with E-state index in [-0.39, 0.29) is 0 Å². The van der Waals surface area contributed by atoms with Crippen molar-refractivity contribution in [2.75, 3.05) is 0 Å². The first-order valence-electron chi connectivity index (χ1n) is 9.98. The lowest BCUT2D eigenvalue weighted by Gasteiger charge is -2.11. The first-order valence-corrected chi connectivity index (χ1v) is 9.98. The summed E-state index contributed by atoms with van der Waals surface area (Å²) in [5.74, 6) is 0.870. The number of hydrogen-bond donors (Lipinski definition) is 0. The minimum Gasteiger partial charge on any atom is -0.464 e. The Morgan fingerprint density at radius 1 is 0.667 bits per heavy atom. The standard InChI is InChI=1S/C27H18N2O/c1-3-8-19(9-4-1)24-18-28-29-25(20-10-5-2-6-11-20)17-22-16-21(26-12-7-15-30-26)13-14-23(22)27(24)29/h1-18H. The summed E-state index contributed by atoms with van der Waals surface area (Å²) < 4.78 is 7.69. The number of rotatable bonds is 3. The van der Waals surface area contributed by atoms with Crippen LogP contribution >= 0.6 is 0 Å². The second-order valence-corrected chi connectivity index (χ2v) is 7.36. The van der Waals surface area contributed by atoms with Crippen LogP contribution in [0.3, 0.4) is 0 Å². The summed E-state index contributed by atoms with van der Waals surface area (Å²) >= 11 is 0. The fourth-order valence-electron chi connectivity index (χ4n) is 4.14. The van der Waals surface area contributed by atoms with E-state index in [1.807, 2.05) is 30.5 Å². The normalized spacial score (nSPS) is 11.3. The van der Waals surface area contributed by atoms with Crippen molar-refractivity contribution in [3.05, 3.63) is 110 Å². The largest absolute Gasteiger partial charge is 0.464 e. The molecule has 3 aromatic carbocycles. The fourth-order valence-corrected chi connectivity index (χ4v) is 4.14. The van der Waals surface area contributed by atoms with Gasteiger partial charge in [-0.3, -0.25) is 0 Å². The van der Waals surface area contributed by atoms with E-state index >= 15 is 0 Å². The molecule has 0 aliphatic heterocycles. The highest BCUT2D eigenvalue weighted by molar-refractivity contribution is 6.06. The molecule has 0 aliphatic rings. The predicted molar refractivity (Wildman–Crippen MR) is 121 cm³/mol. The van der Waals surface area contributed by atoms with Gasteiger partial charge in [0, 0.05) is 22.1 Å². The van der Waals surface area contributed by atoms with Crippen molar-refractivity contribution < 1.29 is 4.42 Å². The van der Waals surface area contributed by atoms with Gasteiger partial charge in [-0.25, -0.2) is 4.52 Å². The topological polar surface area (TPSA) is 30.4 Å². The summed E-state index contributed by atoms with van der Waals surface area (Å²) in [4.78, 5) is 0. The van der Waals surface area contributed by atoms with E-state index in [4.69, 9.17) is 9.52 Å². The van der Waals surface area contributed by atoms with Crippen molar-refractivity contribution in [1.82, 2.24) is 9.61 Å². The molecule has 3 heteroatoms. The molecule has 0 aliphatic carbocycles. The van der Waals surface area contributed by atoms with Crippen molar-refractivity contribution in [1.29, 1.82) is 0 Å². The highest BCUT2D eigenvalue weighted by Gasteiger charge is 2.15. The highest BCUT2D eigenvalue weighted by Crippen LogP contribution is 2.36. The molecule has 0 bridgehead atoms. The number of fused-ring (bicyclic) bond motifs is 3. The van der Waals surface area contributed by atoms with Crippen molar-refractivity contribution >= 4 is 16.3 Å². The smallest absolute Gasteiger partial charge is 0.133 e. The number of furan rings is 1. The lowest BCUT2D eigenvalue weighted by molar-refractivity contribution is 0.582. The molecule has 0 fully saturated rings. The summed E-state index contributed by atoms with van der Waals surface area (Å²) in [7, 11) is 0. The molecule has 0 atom stereocenters. The minimum absolute atomic E-state index is 0.870. The Kier molecular flexibility index (Phi) is 3.78. The van der Waals surface area contributed by atoms with E-state index in [1.165, 1.54) is 5.39 Å². The Balaban J connectivity index is 1.71. The summed E-state index contributed by atoms with van der Waals surface area (Å²) in [6.45, 7) is 0. The molecular formula is C27H18N2O. The zero-order valence-electron chi connectivity index (χ0n) is 16.2. The van der Waals surface area contributed by atoms with E-state index in [0.29, 0.717) is 0 Å². The third-order valence-corrected chi connectivity index (χ3v) is 5.56. The quantitative estimate of drug-likeness (QED) is 0.325. The monoisotopic (exact) mass is 386 g/mol. The van der Waals surface area contributed by atoms with Crippen LogP contribution in [0.1, 0.15) is 0 Å². The Hall–Kier alpha value is -4.11. The molecule has 0 unspecified atom stereocenters. The second-order valence-electron chi connectivity index (χ2n) is 7.36. The number of hydrogen-bond acceptors (Lipinski definition) is 2. The van der Waals surface area contributed by atoms with Gasteiger partial charge >= 0.3 is 0 Å². The molecule has 30 heavy (non-hydrogen) atoms. The van der Waals surface area contributed by atoms with Crippen molar-refractivity contribution in [3.8, 4) is 33.7 Å². The Morgan fingerprint density at radius 3 is 2.17 bits per heavy atom. The van der Waals surface area contributed by atoms with Crippen LogP contribution in [0.2, 0.25) is 0 Å². The Bertz CT molecular complexity index is 1460. The maximum atomic E-state index is 5.63. The molecule has 6 aromatic rings. The lowest BCUT2D eigenvalue weighted by Crippen LogP contribution is -1.95. The highest BCUT2D eigenvalue weighted by atomic mass is 16.3. The van der Waals surface area contributed by atoms with Gasteiger partial charge in [-0.2, -0.15) is 5.10 Å². The number of nitrogens with zero attached hydrogens (tertiary/aromatic N) is 2. The van der Waals surface area contributed by atoms with Gasteiger partial charge in [0.25, 0.3) is 0 Å². The summed E-state index contributed by atoms with van der Waals surface area (Å²) in [5.41, 5.74) is 6.67. The fraction of sp³-hybridized carbons (Fsp3) is 0. The van der Waals surface area contributed by atoms with Crippen LogP contribution < -0.4 is 0 Å². The average Bonchev–Trinajstić information content (AvgIpc) is 3.50. The molecule has 3 heterocycles. The van der Waals surface area contributed by atoms with Crippen LogP contribution in [0, 0.1) is 0 Å². The van der Waals surface area contributed by atoms with Crippen LogP contribution in [-0.2, 0) is 0 Å². The van der Waals surface area contributed by atoms with E-state index in [9.17, 15) is 0 Å². The average molecular weight is 386 g/mol. The van der Waals surface area contributed by atoms with Gasteiger partial charge in [0.2, 0.25) is 0 Å². The van der Waals surface area contributed by atoms with Crippen LogP contribution in [-0.4, -0.2) is 9.61 Å². The van der Waals surface area contributed by atoms with Crippen LogP contribution in [0.5, 0.6) is 0 Å². The SMILES string of the molecule is c1ccc(-c2cnn3c(-c4ccccc4)cc4cc(-c5ccco5)ccc4c23)cc1. The molecule has 0 saturated carbocycles. The molecule has 6 rings (SSSR count). The molecule has 0 saturated heterocycles. The summed E-state index contributed by atoms with van der Waals surface area (Å²) in [6, 6.07) is 33.5. The van der Waals surface area contributed by atoms with Crippen LogP contribution in [0.25, 0.3) is 50.0 Å². The zero-order valence-corrected chi connectivity index (χ0v) is 16.2.